The maximum atomic E-state index is 12.9. The number of alkyl halides is 3. The maximum absolute atomic E-state index is 12.9. The van der Waals surface area contributed by atoms with Gasteiger partial charge in [0, 0.05) is 16.0 Å². The summed E-state index contributed by atoms with van der Waals surface area (Å²) in [7, 11) is 0. The Hall–Kier alpha value is -1.21. The van der Waals surface area contributed by atoms with Crippen molar-refractivity contribution in [2.75, 3.05) is 0 Å². The quantitative estimate of drug-likeness (QED) is 0.742. The average Bonchev–Trinajstić information content (AvgIpc) is 3.25. The Bertz CT molecular complexity index is 870. The van der Waals surface area contributed by atoms with Gasteiger partial charge < -0.3 is 4.98 Å². The van der Waals surface area contributed by atoms with Gasteiger partial charge in [0.25, 0.3) is 0 Å². The Morgan fingerprint density at radius 1 is 1.08 bits per heavy atom. The summed E-state index contributed by atoms with van der Waals surface area (Å²) in [6.07, 6.45) is -0.654. The van der Waals surface area contributed by atoms with Gasteiger partial charge in [-0.05, 0) is 54.7 Å². The average molecular weight is 383 g/mol. The number of aromatic nitrogens is 1. The number of benzene rings is 1. The summed E-state index contributed by atoms with van der Waals surface area (Å²) in [5.41, 5.74) is 0.292. The molecule has 3 aliphatic rings. The van der Waals surface area contributed by atoms with Crippen LogP contribution >= 0.6 is 23.1 Å². The fraction of sp³-hybridized carbons (Fsp3) is 0.500. The molecule has 0 amide bonds. The van der Waals surface area contributed by atoms with Crippen molar-refractivity contribution in [2.45, 2.75) is 41.6 Å². The van der Waals surface area contributed by atoms with E-state index < -0.39 is 11.7 Å². The predicted molar refractivity (Wildman–Crippen MR) is 92.2 cm³/mol. The first kappa shape index (κ1) is 16.0. The van der Waals surface area contributed by atoms with Crippen molar-refractivity contribution < 1.29 is 13.2 Å². The zero-order chi connectivity index (χ0) is 17.3. The first-order chi connectivity index (χ1) is 11.9. The van der Waals surface area contributed by atoms with Crippen LogP contribution in [0.2, 0.25) is 0 Å². The minimum atomic E-state index is -4.32. The zero-order valence-electron chi connectivity index (χ0n) is 13.2. The van der Waals surface area contributed by atoms with Crippen LogP contribution in [-0.2, 0) is 6.18 Å². The van der Waals surface area contributed by atoms with E-state index in [1.54, 1.807) is 23.9 Å². The number of thioether (sulfide) groups is 1. The smallest absolute Gasteiger partial charge is 0.307 e. The second-order valence-corrected chi connectivity index (χ2v) is 9.50. The van der Waals surface area contributed by atoms with Crippen molar-refractivity contribution in [1.82, 2.24) is 4.98 Å². The zero-order valence-corrected chi connectivity index (χ0v) is 14.8. The van der Waals surface area contributed by atoms with E-state index in [1.165, 1.54) is 42.7 Å². The van der Waals surface area contributed by atoms with Gasteiger partial charge in [0.05, 0.1) is 10.6 Å². The Labute approximate surface area is 150 Å². The fourth-order valence-electron chi connectivity index (χ4n) is 5.10. The number of H-pyrrole nitrogens is 1. The lowest BCUT2D eigenvalue weighted by Crippen LogP contribution is -2.33. The molecule has 2 bridgehead atoms. The van der Waals surface area contributed by atoms with E-state index in [0.29, 0.717) is 23.0 Å². The minimum absolute atomic E-state index is 0.0442. The second kappa shape index (κ2) is 5.39. The largest absolute Gasteiger partial charge is 0.416 e. The summed E-state index contributed by atoms with van der Waals surface area (Å²) < 4.78 is 38.7. The summed E-state index contributed by atoms with van der Waals surface area (Å²) in [6.45, 7) is 0. The number of thiazole rings is 1. The molecule has 0 radical (unpaired) electrons. The van der Waals surface area contributed by atoms with E-state index in [1.807, 2.05) is 0 Å². The molecule has 1 N–H and O–H groups in total. The molecular weight excluding hydrogens is 367 g/mol. The molecular formula is C18H16F3NOS2. The van der Waals surface area contributed by atoms with Gasteiger partial charge in [-0.2, -0.15) is 13.2 Å². The molecule has 5 atom stereocenters. The van der Waals surface area contributed by atoms with Crippen molar-refractivity contribution in [3.8, 4) is 0 Å². The molecule has 2 aliphatic carbocycles. The third kappa shape index (κ3) is 2.42. The van der Waals surface area contributed by atoms with Crippen molar-refractivity contribution >= 4 is 23.1 Å². The van der Waals surface area contributed by atoms with Gasteiger partial charge in [-0.1, -0.05) is 23.5 Å². The standard InChI is InChI=1S/C18H16F3NOS2/c19-18(20,21)11-5-3-8(4-6-11)12-13-9-1-2-10(7-9)14(13)24-16-15(12)25-17(23)22-16/h3-6,9-10,12-14H,1-2,7H2,(H,22,23)/t9-,10-,12+,13-,14+/m0/s1. The van der Waals surface area contributed by atoms with Gasteiger partial charge in [0.15, 0.2) is 0 Å². The van der Waals surface area contributed by atoms with E-state index in [2.05, 4.69) is 4.98 Å². The monoisotopic (exact) mass is 383 g/mol. The summed E-state index contributed by atoms with van der Waals surface area (Å²) in [6, 6.07) is 5.57. The molecule has 1 aromatic carbocycles. The molecule has 1 aromatic heterocycles. The van der Waals surface area contributed by atoms with Crippen LogP contribution in [0, 0.1) is 17.8 Å². The highest BCUT2D eigenvalue weighted by Crippen LogP contribution is 2.63. The molecule has 2 nitrogen and oxygen atoms in total. The summed E-state index contributed by atoms with van der Waals surface area (Å²) in [5.74, 6) is 1.77. The first-order valence-electron chi connectivity index (χ1n) is 8.48. The predicted octanol–water partition coefficient (Wildman–Crippen LogP) is 5.11. The third-order valence-electron chi connectivity index (χ3n) is 6.06. The van der Waals surface area contributed by atoms with E-state index >= 15 is 0 Å². The van der Waals surface area contributed by atoms with Gasteiger partial charge in [-0.3, -0.25) is 4.79 Å². The Balaban J connectivity index is 1.61. The molecule has 5 rings (SSSR count). The van der Waals surface area contributed by atoms with Crippen LogP contribution in [0.1, 0.15) is 41.2 Å². The molecule has 0 saturated heterocycles. The normalized spacial score (nSPS) is 33.3. The molecule has 0 unspecified atom stereocenters. The molecule has 2 heterocycles. The van der Waals surface area contributed by atoms with Crippen LogP contribution in [0.25, 0.3) is 0 Å². The molecule has 2 saturated carbocycles. The SMILES string of the molecule is O=c1[nH]c2c(s1)[C@H](c1ccc(C(F)(F)F)cc1)[C@@H]1[C@H]3CC[C@@H](C3)[C@H]1S2. The number of fused-ring (bicyclic) bond motifs is 6. The first-order valence-corrected chi connectivity index (χ1v) is 10.2. The van der Waals surface area contributed by atoms with E-state index in [9.17, 15) is 18.0 Å². The van der Waals surface area contributed by atoms with Crippen molar-refractivity contribution in [3.05, 3.63) is 49.9 Å². The van der Waals surface area contributed by atoms with Crippen LogP contribution in [0.5, 0.6) is 0 Å². The third-order valence-corrected chi connectivity index (χ3v) is 8.69. The lowest BCUT2D eigenvalue weighted by atomic mass is 9.75. The molecule has 132 valence electrons. The highest BCUT2D eigenvalue weighted by Gasteiger charge is 2.54. The van der Waals surface area contributed by atoms with Crippen LogP contribution < -0.4 is 4.87 Å². The number of hydrogen-bond acceptors (Lipinski definition) is 3. The highest BCUT2D eigenvalue weighted by atomic mass is 32.2. The fourth-order valence-corrected chi connectivity index (χ4v) is 8.00. The Morgan fingerprint density at radius 2 is 1.80 bits per heavy atom. The van der Waals surface area contributed by atoms with Crippen molar-refractivity contribution in [3.63, 3.8) is 0 Å². The molecule has 2 fully saturated rings. The minimum Gasteiger partial charge on any atom is -0.307 e. The number of aromatic amines is 1. The van der Waals surface area contributed by atoms with Gasteiger partial charge in [-0.25, -0.2) is 0 Å². The number of nitrogens with one attached hydrogen (secondary N) is 1. The topological polar surface area (TPSA) is 32.9 Å². The van der Waals surface area contributed by atoms with Crippen LogP contribution in [-0.4, -0.2) is 10.2 Å². The highest BCUT2D eigenvalue weighted by molar-refractivity contribution is 8.00. The number of hydrogen-bond donors (Lipinski definition) is 1. The van der Waals surface area contributed by atoms with Crippen LogP contribution in [0.15, 0.2) is 34.1 Å². The lowest BCUT2D eigenvalue weighted by Gasteiger charge is -2.40. The summed E-state index contributed by atoms with van der Waals surface area (Å²) in [5, 5.41) is 1.41. The molecule has 2 aromatic rings. The molecule has 25 heavy (non-hydrogen) atoms. The molecule has 0 spiro atoms. The Kier molecular flexibility index (Phi) is 3.45. The number of halogens is 3. The number of rotatable bonds is 1. The lowest BCUT2D eigenvalue weighted by molar-refractivity contribution is -0.137. The van der Waals surface area contributed by atoms with Gasteiger partial charge in [0.1, 0.15) is 0 Å². The molecule has 7 heteroatoms. The van der Waals surface area contributed by atoms with E-state index in [4.69, 9.17) is 0 Å². The molecule has 1 aliphatic heterocycles. The van der Waals surface area contributed by atoms with Crippen molar-refractivity contribution in [2.24, 2.45) is 17.8 Å². The van der Waals surface area contributed by atoms with Gasteiger partial charge >= 0.3 is 11.0 Å². The van der Waals surface area contributed by atoms with Gasteiger partial charge in [-0.15, -0.1) is 11.8 Å². The summed E-state index contributed by atoms with van der Waals surface area (Å²) >= 11 is 3.02. The van der Waals surface area contributed by atoms with Crippen LogP contribution in [0.4, 0.5) is 13.2 Å². The Morgan fingerprint density at radius 3 is 2.52 bits per heavy atom. The van der Waals surface area contributed by atoms with E-state index in [0.717, 1.165) is 15.5 Å². The second-order valence-electron chi connectivity index (χ2n) is 7.30. The van der Waals surface area contributed by atoms with Crippen LogP contribution in [0.3, 0.4) is 0 Å². The maximum Gasteiger partial charge on any atom is 0.416 e. The van der Waals surface area contributed by atoms with Gasteiger partial charge in [0.2, 0.25) is 0 Å². The summed E-state index contributed by atoms with van der Waals surface area (Å²) in [4.78, 5) is 15.8. The van der Waals surface area contributed by atoms with Crippen molar-refractivity contribution in [1.29, 1.82) is 0 Å². The van der Waals surface area contributed by atoms with E-state index in [-0.39, 0.29) is 10.8 Å².